The van der Waals surface area contributed by atoms with Gasteiger partial charge in [-0.05, 0) is 18.6 Å². The van der Waals surface area contributed by atoms with Crippen molar-refractivity contribution in [2.24, 2.45) is 12.8 Å². The van der Waals surface area contributed by atoms with Gasteiger partial charge in [0, 0.05) is 25.0 Å². The Bertz CT molecular complexity index is 1000. The zero-order valence-electron chi connectivity index (χ0n) is 14.7. The van der Waals surface area contributed by atoms with Gasteiger partial charge in [-0.3, -0.25) is 9.48 Å². The number of aryl methyl sites for hydroxylation is 2. The number of halogens is 1. The Morgan fingerprint density at radius 2 is 2.15 bits per heavy atom. The molecule has 27 heavy (non-hydrogen) atoms. The van der Waals surface area contributed by atoms with Gasteiger partial charge in [-0.15, -0.1) is 0 Å². The smallest absolute Gasteiger partial charge is 0.271 e. The second-order valence-electron chi connectivity index (χ2n) is 5.71. The van der Waals surface area contributed by atoms with Gasteiger partial charge in [-0.25, -0.2) is 9.37 Å². The van der Waals surface area contributed by atoms with Crippen molar-refractivity contribution in [2.75, 3.05) is 11.1 Å². The van der Waals surface area contributed by atoms with Gasteiger partial charge < -0.3 is 21.5 Å². The average molecular weight is 371 g/mol. The Morgan fingerprint density at radius 1 is 1.37 bits per heavy atom. The maximum absolute atomic E-state index is 14.0. The maximum Gasteiger partial charge on any atom is 0.271 e. The summed E-state index contributed by atoms with van der Waals surface area (Å²) >= 11 is 0. The quantitative estimate of drug-likeness (QED) is 0.565. The van der Waals surface area contributed by atoms with E-state index in [0.29, 0.717) is 23.5 Å². The van der Waals surface area contributed by atoms with E-state index in [0.717, 1.165) is 0 Å². The van der Waals surface area contributed by atoms with Crippen LogP contribution in [0.3, 0.4) is 0 Å². The number of nitrogens with zero attached hydrogens (tertiary/aromatic N) is 4. The lowest BCUT2D eigenvalue weighted by molar-refractivity contribution is 0.0996. The first-order valence-electron chi connectivity index (χ1n) is 8.06. The van der Waals surface area contributed by atoms with Crippen LogP contribution in [0, 0.1) is 5.82 Å². The highest BCUT2D eigenvalue weighted by molar-refractivity contribution is 5.96. The molecule has 0 saturated carbocycles. The number of rotatable bonds is 6. The summed E-state index contributed by atoms with van der Waals surface area (Å²) in [6, 6.07) is 3.95. The standard InChI is InChI=1S/C17H18FN7O2/c1-3-12-17(27-13-6-9(19)4-5-11(13)18)24-16(14(23-12)15(20)26)22-10-7-21-25(2)8-10/h4-8H,3,19H2,1-2H3,(H2,20,26)(H,22,24). The second-order valence-corrected chi connectivity index (χ2v) is 5.71. The van der Waals surface area contributed by atoms with E-state index in [4.69, 9.17) is 16.2 Å². The van der Waals surface area contributed by atoms with Gasteiger partial charge >= 0.3 is 0 Å². The lowest BCUT2D eigenvalue weighted by atomic mass is 10.2. The first-order valence-corrected chi connectivity index (χ1v) is 8.06. The van der Waals surface area contributed by atoms with Crippen molar-refractivity contribution in [3.05, 3.63) is 47.8 Å². The normalized spacial score (nSPS) is 10.6. The SMILES string of the molecule is CCc1nc(C(N)=O)c(Nc2cnn(C)c2)nc1Oc1cc(N)ccc1F. The topological polar surface area (TPSA) is 134 Å². The summed E-state index contributed by atoms with van der Waals surface area (Å²) in [6.45, 7) is 1.80. The number of hydrogen-bond donors (Lipinski definition) is 3. The molecule has 0 bridgehead atoms. The molecule has 0 saturated heterocycles. The molecule has 9 nitrogen and oxygen atoms in total. The summed E-state index contributed by atoms with van der Waals surface area (Å²) in [6.07, 6.45) is 3.61. The molecule has 3 aromatic rings. The number of carbonyl (C=O) groups is 1. The molecule has 0 aliphatic carbocycles. The third-order valence-corrected chi connectivity index (χ3v) is 3.63. The molecule has 0 spiro atoms. The fourth-order valence-corrected chi connectivity index (χ4v) is 2.35. The number of amides is 1. The van der Waals surface area contributed by atoms with E-state index in [-0.39, 0.29) is 23.1 Å². The zero-order chi connectivity index (χ0) is 19.6. The summed E-state index contributed by atoms with van der Waals surface area (Å²) in [7, 11) is 1.74. The van der Waals surface area contributed by atoms with Crippen molar-refractivity contribution in [3.63, 3.8) is 0 Å². The number of nitrogens with two attached hydrogens (primary N) is 2. The van der Waals surface area contributed by atoms with E-state index in [1.807, 2.05) is 0 Å². The highest BCUT2D eigenvalue weighted by atomic mass is 19.1. The largest absolute Gasteiger partial charge is 0.434 e. The van der Waals surface area contributed by atoms with E-state index in [1.54, 1.807) is 24.9 Å². The number of carbonyl (C=O) groups excluding carboxylic acids is 1. The van der Waals surface area contributed by atoms with Crippen LogP contribution in [0.4, 0.5) is 21.6 Å². The van der Waals surface area contributed by atoms with Gasteiger partial charge in [0.1, 0.15) is 5.69 Å². The van der Waals surface area contributed by atoms with Gasteiger partial charge in [-0.1, -0.05) is 6.92 Å². The van der Waals surface area contributed by atoms with Crippen LogP contribution in [0.15, 0.2) is 30.6 Å². The van der Waals surface area contributed by atoms with E-state index in [1.165, 1.54) is 24.4 Å². The van der Waals surface area contributed by atoms with Crippen molar-refractivity contribution < 1.29 is 13.9 Å². The summed E-state index contributed by atoms with van der Waals surface area (Å²) in [5.41, 5.74) is 12.3. The van der Waals surface area contributed by atoms with Gasteiger partial charge in [0.15, 0.2) is 23.1 Å². The highest BCUT2D eigenvalue weighted by Crippen LogP contribution is 2.30. The molecule has 2 aromatic heterocycles. The van der Waals surface area contributed by atoms with Crippen LogP contribution in [-0.2, 0) is 13.5 Å². The van der Waals surface area contributed by atoms with E-state index in [2.05, 4.69) is 20.4 Å². The second kappa shape index (κ2) is 7.28. The molecule has 10 heteroatoms. The number of hydrogen-bond acceptors (Lipinski definition) is 7. The molecule has 3 rings (SSSR count). The fourth-order valence-electron chi connectivity index (χ4n) is 2.35. The van der Waals surface area contributed by atoms with Crippen LogP contribution in [0.2, 0.25) is 0 Å². The van der Waals surface area contributed by atoms with E-state index < -0.39 is 11.7 Å². The van der Waals surface area contributed by atoms with Crippen molar-refractivity contribution in [3.8, 4) is 11.6 Å². The van der Waals surface area contributed by atoms with E-state index >= 15 is 0 Å². The number of primary amides is 1. The predicted molar refractivity (Wildman–Crippen MR) is 97.3 cm³/mol. The zero-order valence-corrected chi connectivity index (χ0v) is 14.7. The van der Waals surface area contributed by atoms with Gasteiger partial charge in [-0.2, -0.15) is 10.1 Å². The number of benzene rings is 1. The van der Waals surface area contributed by atoms with Crippen molar-refractivity contribution >= 4 is 23.1 Å². The molecular weight excluding hydrogens is 353 g/mol. The molecule has 0 atom stereocenters. The van der Waals surface area contributed by atoms with Crippen LogP contribution >= 0.6 is 0 Å². The predicted octanol–water partition coefficient (Wildman–Crippen LogP) is 2.13. The Hall–Kier alpha value is -3.69. The van der Waals surface area contributed by atoms with Crippen LogP contribution in [0.1, 0.15) is 23.1 Å². The summed E-state index contributed by atoms with van der Waals surface area (Å²) in [5.74, 6) is -1.34. The Morgan fingerprint density at radius 3 is 2.78 bits per heavy atom. The summed E-state index contributed by atoms with van der Waals surface area (Å²) in [5, 5.41) is 6.95. The number of ether oxygens (including phenoxy) is 1. The number of nitrogen functional groups attached to an aromatic ring is 1. The minimum absolute atomic E-state index is 0.0402. The van der Waals surface area contributed by atoms with Crippen LogP contribution in [-0.4, -0.2) is 25.7 Å². The first kappa shape index (κ1) is 18.1. The van der Waals surface area contributed by atoms with Crippen molar-refractivity contribution in [1.29, 1.82) is 0 Å². The fraction of sp³-hybridized carbons (Fsp3) is 0.176. The number of anilines is 3. The molecule has 140 valence electrons. The molecule has 0 aliphatic heterocycles. The average Bonchev–Trinajstić information content (AvgIpc) is 3.03. The molecule has 0 unspecified atom stereocenters. The molecule has 1 amide bonds. The van der Waals surface area contributed by atoms with Crippen LogP contribution in [0.5, 0.6) is 11.6 Å². The third-order valence-electron chi connectivity index (χ3n) is 3.63. The minimum atomic E-state index is -0.759. The Labute approximate surface area is 154 Å². The third kappa shape index (κ3) is 3.94. The Balaban J connectivity index is 2.05. The van der Waals surface area contributed by atoms with Gasteiger partial charge in [0.2, 0.25) is 5.88 Å². The molecule has 2 heterocycles. The number of nitrogens with one attached hydrogen (secondary N) is 1. The molecule has 0 fully saturated rings. The monoisotopic (exact) mass is 371 g/mol. The molecule has 5 N–H and O–H groups in total. The minimum Gasteiger partial charge on any atom is -0.434 e. The van der Waals surface area contributed by atoms with Gasteiger partial charge in [0.05, 0.1) is 11.9 Å². The Kier molecular flexibility index (Phi) is 4.88. The summed E-state index contributed by atoms with van der Waals surface area (Å²) in [4.78, 5) is 20.3. The highest BCUT2D eigenvalue weighted by Gasteiger charge is 2.20. The van der Waals surface area contributed by atoms with Crippen molar-refractivity contribution in [2.45, 2.75) is 13.3 Å². The lowest BCUT2D eigenvalue weighted by Crippen LogP contribution is -2.18. The van der Waals surface area contributed by atoms with Crippen LogP contribution in [0.25, 0.3) is 0 Å². The van der Waals surface area contributed by atoms with Crippen molar-refractivity contribution in [1.82, 2.24) is 19.7 Å². The first-order chi connectivity index (χ1) is 12.9. The maximum atomic E-state index is 14.0. The molecule has 0 radical (unpaired) electrons. The number of aromatic nitrogens is 4. The van der Waals surface area contributed by atoms with E-state index in [9.17, 15) is 9.18 Å². The summed E-state index contributed by atoms with van der Waals surface area (Å²) < 4.78 is 21.2. The van der Waals surface area contributed by atoms with Crippen LogP contribution < -0.4 is 21.5 Å². The lowest BCUT2D eigenvalue weighted by Gasteiger charge is -2.14. The molecular formula is C17H18FN7O2. The molecule has 1 aromatic carbocycles. The molecule has 0 aliphatic rings. The van der Waals surface area contributed by atoms with Gasteiger partial charge in [0.25, 0.3) is 5.91 Å².